The van der Waals surface area contributed by atoms with Crippen LogP contribution in [0.15, 0.2) is 22.7 Å². The van der Waals surface area contributed by atoms with Gasteiger partial charge in [-0.15, -0.1) is 0 Å². The molecule has 1 rings (SSSR count). The lowest BCUT2D eigenvalue weighted by atomic mass is 10.1. The first kappa shape index (κ1) is 14.0. The number of hydrogen-bond acceptors (Lipinski definition) is 3. The van der Waals surface area contributed by atoms with E-state index in [4.69, 9.17) is 9.84 Å². The van der Waals surface area contributed by atoms with Crippen molar-refractivity contribution >= 4 is 21.8 Å². The molecule has 0 radical (unpaired) electrons. The Morgan fingerprint density at radius 3 is 2.88 bits per heavy atom. The van der Waals surface area contributed by atoms with E-state index in [1.165, 1.54) is 0 Å². The maximum atomic E-state index is 11.1. The minimum Gasteiger partial charge on any atom is -0.496 e. The average molecular weight is 302 g/mol. The molecule has 5 heteroatoms. The maximum Gasteiger partial charge on any atom is 0.222 e. The van der Waals surface area contributed by atoms with Crippen LogP contribution in [-0.4, -0.2) is 31.3 Å². The summed E-state index contributed by atoms with van der Waals surface area (Å²) in [5.41, 5.74) is 1.11. The molecule has 0 aliphatic rings. The van der Waals surface area contributed by atoms with Gasteiger partial charge in [-0.25, -0.2) is 0 Å². The Kier molecular flexibility index (Phi) is 6.00. The number of halogens is 1. The van der Waals surface area contributed by atoms with Gasteiger partial charge in [-0.05, 0) is 40.0 Å². The van der Waals surface area contributed by atoms with Crippen LogP contribution in [0.25, 0.3) is 0 Å². The number of methoxy groups -OCH3 is 1. The Hall–Kier alpha value is -1.07. The highest BCUT2D eigenvalue weighted by Crippen LogP contribution is 2.25. The molecule has 1 aromatic rings. The summed E-state index contributed by atoms with van der Waals surface area (Å²) in [5, 5.41) is 11.3. The van der Waals surface area contributed by atoms with Gasteiger partial charge in [-0.3, -0.25) is 4.79 Å². The highest BCUT2D eigenvalue weighted by Gasteiger charge is 2.02. The Labute approximate surface area is 109 Å². The largest absolute Gasteiger partial charge is 0.496 e. The van der Waals surface area contributed by atoms with Crippen LogP contribution in [0, 0.1) is 0 Å². The predicted molar refractivity (Wildman–Crippen MR) is 69.1 cm³/mol. The molecule has 1 amide bonds. The van der Waals surface area contributed by atoms with E-state index in [1.54, 1.807) is 7.11 Å². The number of carbonyl (C=O) groups excluding carboxylic acids is 1. The summed E-state index contributed by atoms with van der Waals surface area (Å²) < 4.78 is 6.03. The van der Waals surface area contributed by atoms with Gasteiger partial charge in [0.2, 0.25) is 5.91 Å². The van der Waals surface area contributed by atoms with Crippen molar-refractivity contribution in [3.8, 4) is 5.75 Å². The maximum absolute atomic E-state index is 11.1. The zero-order valence-electron chi connectivity index (χ0n) is 9.70. The molecular weight excluding hydrogens is 286 g/mol. The van der Waals surface area contributed by atoms with Crippen LogP contribution in [0.3, 0.4) is 0 Å². The van der Waals surface area contributed by atoms with Crippen molar-refractivity contribution in [3.63, 3.8) is 0 Å². The Bertz CT molecular complexity index is 382. The Morgan fingerprint density at radius 2 is 2.29 bits per heavy atom. The minimum atomic E-state index is -0.125. The van der Waals surface area contributed by atoms with E-state index in [1.807, 2.05) is 18.2 Å². The summed E-state index contributed by atoms with van der Waals surface area (Å²) in [6.07, 6.45) is 0.909. The van der Waals surface area contributed by atoms with Gasteiger partial charge in [0.05, 0.1) is 18.2 Å². The summed E-state index contributed by atoms with van der Waals surface area (Å²) in [7, 11) is 1.62. The lowest BCUT2D eigenvalue weighted by Crippen LogP contribution is -2.26. The summed E-state index contributed by atoms with van der Waals surface area (Å²) in [6, 6.07) is 5.81. The third-order valence-electron chi connectivity index (χ3n) is 2.29. The first-order valence-electron chi connectivity index (χ1n) is 5.37. The van der Waals surface area contributed by atoms with Crippen molar-refractivity contribution < 1.29 is 14.6 Å². The summed E-state index contributed by atoms with van der Waals surface area (Å²) in [5.74, 6) is 0.665. The predicted octanol–water partition coefficient (Wildman–Crippen LogP) is 1.50. The second-order valence-electron chi connectivity index (χ2n) is 3.54. The fourth-order valence-corrected chi connectivity index (χ4v) is 1.99. The lowest BCUT2D eigenvalue weighted by Gasteiger charge is -2.07. The van der Waals surface area contributed by atoms with Crippen LogP contribution >= 0.6 is 15.9 Å². The fourth-order valence-electron chi connectivity index (χ4n) is 1.40. The van der Waals surface area contributed by atoms with E-state index < -0.39 is 0 Å². The van der Waals surface area contributed by atoms with Crippen molar-refractivity contribution in [1.82, 2.24) is 5.32 Å². The zero-order valence-corrected chi connectivity index (χ0v) is 11.3. The summed E-state index contributed by atoms with van der Waals surface area (Å²) >= 11 is 3.41. The topological polar surface area (TPSA) is 58.6 Å². The smallest absolute Gasteiger partial charge is 0.222 e. The van der Waals surface area contributed by atoms with E-state index >= 15 is 0 Å². The van der Waals surface area contributed by atoms with Gasteiger partial charge in [0.1, 0.15) is 5.75 Å². The first-order chi connectivity index (χ1) is 8.17. The molecule has 0 saturated carbocycles. The molecule has 2 N–H and O–H groups in total. The van der Waals surface area contributed by atoms with Gasteiger partial charge in [-0.2, -0.15) is 0 Å². The van der Waals surface area contributed by atoms with Gasteiger partial charge in [0.25, 0.3) is 0 Å². The molecule has 0 aromatic heterocycles. The Balaban J connectivity index is 2.42. The third kappa shape index (κ3) is 4.75. The van der Waals surface area contributed by atoms with E-state index in [9.17, 15) is 4.79 Å². The fraction of sp³-hybridized carbons (Fsp3) is 0.417. The average Bonchev–Trinajstić information content (AvgIpc) is 2.29. The molecule has 0 unspecified atom stereocenters. The first-order valence-corrected chi connectivity index (χ1v) is 6.16. The molecule has 94 valence electrons. The number of rotatable bonds is 6. The van der Waals surface area contributed by atoms with Crippen molar-refractivity contribution in [1.29, 1.82) is 0 Å². The van der Waals surface area contributed by atoms with Crippen LogP contribution in [0.1, 0.15) is 12.0 Å². The number of nitrogens with one attached hydrogen (secondary N) is 1. The van der Waals surface area contributed by atoms with Crippen molar-refractivity contribution in [3.05, 3.63) is 28.2 Å². The van der Waals surface area contributed by atoms with Crippen molar-refractivity contribution in [2.45, 2.75) is 12.8 Å². The van der Waals surface area contributed by atoms with E-state index in [0.717, 1.165) is 22.2 Å². The molecule has 1 aromatic carbocycles. The zero-order chi connectivity index (χ0) is 12.7. The molecule has 17 heavy (non-hydrogen) atoms. The minimum absolute atomic E-state index is 0.111. The highest BCUT2D eigenvalue weighted by molar-refractivity contribution is 9.10. The SMILES string of the molecule is COc1ccc(CCNC(=O)CCO)cc1Br. The molecule has 0 heterocycles. The van der Waals surface area contributed by atoms with Crippen LogP contribution in [0.5, 0.6) is 5.75 Å². The van der Waals surface area contributed by atoms with Crippen LogP contribution < -0.4 is 10.1 Å². The lowest BCUT2D eigenvalue weighted by molar-refractivity contribution is -0.121. The number of hydrogen-bond donors (Lipinski definition) is 2. The monoisotopic (exact) mass is 301 g/mol. The molecule has 0 aliphatic carbocycles. The number of ether oxygens (including phenoxy) is 1. The quantitative estimate of drug-likeness (QED) is 0.837. The van der Waals surface area contributed by atoms with Crippen molar-refractivity contribution in [2.75, 3.05) is 20.3 Å². The second kappa shape index (κ2) is 7.29. The Morgan fingerprint density at radius 1 is 1.53 bits per heavy atom. The molecule has 0 spiro atoms. The highest BCUT2D eigenvalue weighted by atomic mass is 79.9. The van der Waals surface area contributed by atoms with E-state index in [2.05, 4.69) is 21.2 Å². The molecule has 0 fully saturated rings. The van der Waals surface area contributed by atoms with E-state index in [-0.39, 0.29) is 18.9 Å². The third-order valence-corrected chi connectivity index (χ3v) is 2.91. The van der Waals surface area contributed by atoms with E-state index in [0.29, 0.717) is 6.54 Å². The number of benzene rings is 1. The number of aliphatic hydroxyl groups excluding tert-OH is 1. The molecule has 4 nitrogen and oxygen atoms in total. The van der Waals surface area contributed by atoms with Crippen LogP contribution in [0.2, 0.25) is 0 Å². The van der Waals surface area contributed by atoms with Gasteiger partial charge in [0, 0.05) is 13.0 Å². The summed E-state index contributed by atoms with van der Waals surface area (Å²) in [4.78, 5) is 11.1. The van der Waals surface area contributed by atoms with Gasteiger partial charge in [-0.1, -0.05) is 6.07 Å². The number of carbonyl (C=O) groups is 1. The molecule has 0 aliphatic heterocycles. The van der Waals surface area contributed by atoms with Crippen LogP contribution in [-0.2, 0) is 11.2 Å². The van der Waals surface area contributed by atoms with Gasteiger partial charge < -0.3 is 15.2 Å². The normalized spacial score (nSPS) is 10.1. The number of amides is 1. The molecular formula is C12H16BrNO3. The molecule has 0 atom stereocenters. The second-order valence-corrected chi connectivity index (χ2v) is 4.40. The van der Waals surface area contributed by atoms with Crippen LogP contribution in [0.4, 0.5) is 0 Å². The standard InChI is InChI=1S/C12H16BrNO3/c1-17-11-3-2-9(8-10(11)13)4-6-14-12(16)5-7-15/h2-3,8,15H,4-7H2,1H3,(H,14,16). The molecule has 0 saturated heterocycles. The van der Waals surface area contributed by atoms with Crippen molar-refractivity contribution in [2.24, 2.45) is 0 Å². The van der Waals surface area contributed by atoms with Gasteiger partial charge >= 0.3 is 0 Å². The number of aliphatic hydroxyl groups is 1. The molecule has 0 bridgehead atoms. The van der Waals surface area contributed by atoms with Gasteiger partial charge in [0.15, 0.2) is 0 Å². The summed E-state index contributed by atoms with van der Waals surface area (Å²) in [6.45, 7) is 0.456.